The third-order valence-corrected chi connectivity index (χ3v) is 4.92. The summed E-state index contributed by atoms with van der Waals surface area (Å²) < 4.78 is 10.8. The molecule has 0 aromatic heterocycles. The molecule has 1 aliphatic rings. The third kappa shape index (κ3) is 4.72. The number of benzene rings is 2. The van der Waals surface area contributed by atoms with E-state index in [1.165, 1.54) is 0 Å². The second-order valence-corrected chi connectivity index (χ2v) is 7.06. The SMILES string of the molecule is O=C(CCc1ccccc1)c1c(O)cc(O)cc1O[C@H]1O[C@H](CO)[C@@H](O)[C@@H](O)[C@@H]1O. The number of phenols is 2. The van der Waals surface area contributed by atoms with Gasteiger partial charge in [0, 0.05) is 18.6 Å². The summed E-state index contributed by atoms with van der Waals surface area (Å²) in [6.07, 6.45) is -7.30. The topological polar surface area (TPSA) is 157 Å². The predicted octanol–water partition coefficient (Wildman–Crippen LogP) is 0.0920. The maximum atomic E-state index is 12.8. The lowest BCUT2D eigenvalue weighted by Crippen LogP contribution is -2.60. The smallest absolute Gasteiger partial charge is 0.229 e. The molecule has 0 bridgehead atoms. The molecule has 30 heavy (non-hydrogen) atoms. The van der Waals surface area contributed by atoms with Gasteiger partial charge in [-0.2, -0.15) is 0 Å². The number of phenolic OH excluding ortho intramolecular Hbond substituents is 2. The van der Waals surface area contributed by atoms with E-state index in [9.17, 15) is 35.4 Å². The average Bonchev–Trinajstić information content (AvgIpc) is 2.72. The van der Waals surface area contributed by atoms with Crippen molar-refractivity contribution in [3.05, 3.63) is 53.6 Å². The maximum Gasteiger partial charge on any atom is 0.229 e. The van der Waals surface area contributed by atoms with Gasteiger partial charge in [-0.3, -0.25) is 4.79 Å². The van der Waals surface area contributed by atoms with Crippen LogP contribution in [-0.2, 0) is 11.2 Å². The summed E-state index contributed by atoms with van der Waals surface area (Å²) in [5.74, 6) is -1.66. The van der Waals surface area contributed by atoms with Crippen molar-refractivity contribution in [3.8, 4) is 17.2 Å². The lowest BCUT2D eigenvalue weighted by molar-refractivity contribution is -0.277. The quantitative estimate of drug-likeness (QED) is 0.342. The highest BCUT2D eigenvalue weighted by Gasteiger charge is 2.45. The Balaban J connectivity index is 1.83. The van der Waals surface area contributed by atoms with Crippen molar-refractivity contribution in [2.45, 2.75) is 43.5 Å². The molecule has 2 aromatic rings. The van der Waals surface area contributed by atoms with Crippen molar-refractivity contribution in [1.82, 2.24) is 0 Å². The van der Waals surface area contributed by atoms with Gasteiger partial charge in [0.15, 0.2) is 5.78 Å². The first-order valence-electron chi connectivity index (χ1n) is 9.42. The molecule has 2 aromatic carbocycles. The number of aromatic hydroxyl groups is 2. The minimum absolute atomic E-state index is 0.0351. The molecule has 9 nitrogen and oxygen atoms in total. The van der Waals surface area contributed by atoms with E-state index in [4.69, 9.17) is 9.47 Å². The fraction of sp³-hybridized carbons (Fsp3) is 0.381. The first kappa shape index (κ1) is 22.0. The van der Waals surface area contributed by atoms with E-state index < -0.39 is 54.6 Å². The highest BCUT2D eigenvalue weighted by Crippen LogP contribution is 2.36. The Morgan fingerprint density at radius 2 is 1.70 bits per heavy atom. The Morgan fingerprint density at radius 1 is 1.00 bits per heavy atom. The van der Waals surface area contributed by atoms with Crippen LogP contribution in [0.4, 0.5) is 0 Å². The number of ketones is 1. The molecule has 0 saturated carbocycles. The highest BCUT2D eigenvalue weighted by molar-refractivity contribution is 6.01. The Labute approximate surface area is 172 Å². The van der Waals surface area contributed by atoms with Gasteiger partial charge >= 0.3 is 0 Å². The Bertz CT molecular complexity index is 868. The van der Waals surface area contributed by atoms with Gasteiger partial charge in [-0.25, -0.2) is 0 Å². The van der Waals surface area contributed by atoms with Crippen LogP contribution in [0.2, 0.25) is 0 Å². The van der Waals surface area contributed by atoms with Crippen LogP contribution in [0, 0.1) is 0 Å². The van der Waals surface area contributed by atoms with Crippen LogP contribution in [0.1, 0.15) is 22.3 Å². The Morgan fingerprint density at radius 3 is 2.37 bits per heavy atom. The van der Waals surface area contributed by atoms with Gasteiger partial charge in [-0.15, -0.1) is 0 Å². The molecule has 1 saturated heterocycles. The molecular formula is C21H24O9. The molecule has 162 valence electrons. The monoisotopic (exact) mass is 420 g/mol. The molecule has 0 spiro atoms. The van der Waals surface area contributed by atoms with Crippen LogP contribution < -0.4 is 4.74 Å². The van der Waals surface area contributed by atoms with Gasteiger partial charge in [0.1, 0.15) is 47.2 Å². The number of carbonyl (C=O) groups is 1. The minimum atomic E-state index is -1.71. The Hall–Kier alpha value is -2.69. The summed E-state index contributed by atoms with van der Waals surface area (Å²) in [6.45, 7) is -0.654. The van der Waals surface area contributed by atoms with Gasteiger partial charge in [-0.1, -0.05) is 30.3 Å². The molecule has 5 atom stereocenters. The number of aliphatic hydroxyl groups is 4. The number of Topliss-reactive ketones (excluding diaryl/α,β-unsaturated/α-hetero) is 1. The summed E-state index contributed by atoms with van der Waals surface area (Å²) in [7, 11) is 0. The van der Waals surface area contributed by atoms with Crippen molar-refractivity contribution in [3.63, 3.8) is 0 Å². The van der Waals surface area contributed by atoms with E-state index in [1.54, 1.807) is 0 Å². The summed E-state index contributed by atoms with van der Waals surface area (Å²) in [5.41, 5.74) is 0.696. The molecular weight excluding hydrogens is 396 g/mol. The number of ether oxygens (including phenoxy) is 2. The fourth-order valence-electron chi connectivity index (χ4n) is 3.28. The van der Waals surface area contributed by atoms with Gasteiger partial charge in [-0.05, 0) is 12.0 Å². The summed E-state index contributed by atoms with van der Waals surface area (Å²) in [5, 5.41) is 59.3. The molecule has 0 unspecified atom stereocenters. The number of hydrogen-bond acceptors (Lipinski definition) is 9. The van der Waals surface area contributed by atoms with E-state index in [2.05, 4.69) is 0 Å². The number of rotatable bonds is 7. The van der Waals surface area contributed by atoms with Gasteiger partial charge in [0.2, 0.25) is 6.29 Å². The second kappa shape index (κ2) is 9.41. The molecule has 1 aliphatic heterocycles. The lowest BCUT2D eigenvalue weighted by Gasteiger charge is -2.39. The van der Waals surface area contributed by atoms with Crippen molar-refractivity contribution < 1.29 is 44.9 Å². The number of aliphatic hydroxyl groups excluding tert-OH is 4. The zero-order valence-electron chi connectivity index (χ0n) is 16.0. The molecule has 6 N–H and O–H groups in total. The van der Waals surface area contributed by atoms with Crippen LogP contribution in [0.5, 0.6) is 17.2 Å². The van der Waals surface area contributed by atoms with Crippen molar-refractivity contribution in [2.75, 3.05) is 6.61 Å². The fourth-order valence-corrected chi connectivity index (χ4v) is 3.28. The van der Waals surface area contributed by atoms with Crippen LogP contribution >= 0.6 is 0 Å². The van der Waals surface area contributed by atoms with Gasteiger partial charge in [0.25, 0.3) is 0 Å². The summed E-state index contributed by atoms with van der Waals surface area (Å²) in [6, 6.07) is 11.3. The molecule has 0 amide bonds. The highest BCUT2D eigenvalue weighted by atomic mass is 16.7. The second-order valence-electron chi connectivity index (χ2n) is 7.06. The number of hydrogen-bond donors (Lipinski definition) is 6. The summed E-state index contributed by atoms with van der Waals surface area (Å²) >= 11 is 0. The molecule has 1 fully saturated rings. The predicted molar refractivity (Wildman–Crippen MR) is 103 cm³/mol. The van der Waals surface area contributed by atoms with Crippen LogP contribution in [0.15, 0.2) is 42.5 Å². The zero-order chi connectivity index (χ0) is 21.8. The largest absolute Gasteiger partial charge is 0.508 e. The van der Waals surface area contributed by atoms with E-state index in [0.29, 0.717) is 6.42 Å². The third-order valence-electron chi connectivity index (χ3n) is 4.92. The molecule has 9 heteroatoms. The number of aryl methyl sites for hydroxylation is 1. The lowest BCUT2D eigenvalue weighted by atomic mass is 9.99. The summed E-state index contributed by atoms with van der Waals surface area (Å²) in [4.78, 5) is 12.8. The first-order valence-corrected chi connectivity index (χ1v) is 9.42. The Kier molecular flexibility index (Phi) is 6.91. The van der Waals surface area contributed by atoms with Crippen LogP contribution in [-0.4, -0.2) is 73.7 Å². The molecule has 1 heterocycles. The standard InChI is InChI=1S/C21H24O9/c22-10-16-18(26)19(27)20(28)21(30-16)29-15-9-12(23)8-14(25)17(15)13(24)7-6-11-4-2-1-3-5-11/h1-5,8-9,16,18-23,25-28H,6-7,10H2/t16-,18-,19-,20+,21+/m1/s1. The molecule has 3 rings (SSSR count). The molecule has 0 aliphatic carbocycles. The van der Waals surface area contributed by atoms with Crippen LogP contribution in [0.3, 0.4) is 0 Å². The molecule has 0 radical (unpaired) electrons. The van der Waals surface area contributed by atoms with E-state index >= 15 is 0 Å². The average molecular weight is 420 g/mol. The zero-order valence-corrected chi connectivity index (χ0v) is 16.0. The van der Waals surface area contributed by atoms with Crippen LogP contribution in [0.25, 0.3) is 0 Å². The van der Waals surface area contributed by atoms with E-state index in [0.717, 1.165) is 17.7 Å². The maximum absolute atomic E-state index is 12.8. The van der Waals surface area contributed by atoms with E-state index in [-0.39, 0.29) is 17.7 Å². The van der Waals surface area contributed by atoms with Crippen molar-refractivity contribution in [2.24, 2.45) is 0 Å². The first-order chi connectivity index (χ1) is 14.3. The van der Waals surface area contributed by atoms with Gasteiger partial charge in [0.05, 0.1) is 6.61 Å². The normalized spacial score (nSPS) is 26.3. The van der Waals surface area contributed by atoms with Crippen molar-refractivity contribution in [1.29, 1.82) is 0 Å². The van der Waals surface area contributed by atoms with Crippen molar-refractivity contribution >= 4 is 5.78 Å². The van der Waals surface area contributed by atoms with E-state index in [1.807, 2.05) is 30.3 Å². The minimum Gasteiger partial charge on any atom is -0.508 e. The van der Waals surface area contributed by atoms with Gasteiger partial charge < -0.3 is 40.1 Å². The number of carbonyl (C=O) groups excluding carboxylic acids is 1.